The average Bonchev–Trinajstić information content (AvgIpc) is 2.62. The first kappa shape index (κ1) is 18.4. The lowest BCUT2D eigenvalue weighted by Crippen LogP contribution is -2.35. The standard InChI is InChI=1S/C18H19ClN2O5/c19-13-2-1-3-14(8-13)20-18(23)12-26-17-11-25-15(9-16(17)22)10-21-4-6-24-7-5-21/h1-3,8-9,11H,4-7,10,12H2,(H,20,23). The van der Waals surface area contributed by atoms with E-state index in [1.54, 1.807) is 24.3 Å². The van der Waals surface area contributed by atoms with Crippen LogP contribution in [-0.2, 0) is 16.1 Å². The molecular formula is C18H19ClN2O5. The van der Waals surface area contributed by atoms with E-state index in [0.29, 0.717) is 36.2 Å². The number of hydrogen-bond donors (Lipinski definition) is 1. The summed E-state index contributed by atoms with van der Waals surface area (Å²) in [7, 11) is 0. The second-order valence-corrected chi connectivity index (χ2v) is 6.25. The number of rotatable bonds is 6. The summed E-state index contributed by atoms with van der Waals surface area (Å²) in [5, 5.41) is 3.15. The maximum Gasteiger partial charge on any atom is 0.262 e. The molecule has 1 fully saturated rings. The van der Waals surface area contributed by atoms with E-state index in [2.05, 4.69) is 10.2 Å². The Balaban J connectivity index is 1.53. The highest BCUT2D eigenvalue weighted by molar-refractivity contribution is 6.30. The minimum atomic E-state index is -0.399. The number of benzene rings is 1. The van der Waals surface area contributed by atoms with Crippen molar-refractivity contribution in [1.82, 2.24) is 4.90 Å². The maximum atomic E-state index is 12.1. The molecule has 2 aromatic rings. The molecule has 0 spiro atoms. The smallest absolute Gasteiger partial charge is 0.262 e. The molecule has 7 nitrogen and oxygen atoms in total. The van der Waals surface area contributed by atoms with Crippen molar-refractivity contribution in [3.8, 4) is 5.75 Å². The van der Waals surface area contributed by atoms with Gasteiger partial charge in [-0.25, -0.2) is 0 Å². The van der Waals surface area contributed by atoms with E-state index in [0.717, 1.165) is 13.1 Å². The number of ether oxygens (including phenoxy) is 2. The maximum absolute atomic E-state index is 12.1. The van der Waals surface area contributed by atoms with Gasteiger partial charge in [-0.15, -0.1) is 0 Å². The number of nitrogens with one attached hydrogen (secondary N) is 1. The second-order valence-electron chi connectivity index (χ2n) is 5.81. The fourth-order valence-electron chi connectivity index (χ4n) is 2.51. The third kappa shape index (κ3) is 5.32. The SMILES string of the molecule is O=C(COc1coc(CN2CCOCC2)cc1=O)Nc1cccc(Cl)c1. The Morgan fingerprint density at radius 2 is 2.08 bits per heavy atom. The van der Waals surface area contributed by atoms with E-state index in [9.17, 15) is 9.59 Å². The molecule has 138 valence electrons. The third-order valence-corrected chi connectivity index (χ3v) is 4.04. The van der Waals surface area contributed by atoms with Crippen molar-refractivity contribution < 1.29 is 18.7 Å². The van der Waals surface area contributed by atoms with Crippen LogP contribution in [0.15, 0.2) is 45.8 Å². The summed E-state index contributed by atoms with van der Waals surface area (Å²) in [6, 6.07) is 8.14. The Hall–Kier alpha value is -2.35. The number of anilines is 1. The molecular weight excluding hydrogens is 360 g/mol. The lowest BCUT2D eigenvalue weighted by Gasteiger charge is -2.25. The molecule has 3 rings (SSSR count). The van der Waals surface area contributed by atoms with Crippen molar-refractivity contribution in [1.29, 1.82) is 0 Å². The molecule has 0 aliphatic carbocycles. The average molecular weight is 379 g/mol. The summed E-state index contributed by atoms with van der Waals surface area (Å²) in [6.07, 6.45) is 1.24. The number of amides is 1. The molecule has 1 saturated heterocycles. The first-order chi connectivity index (χ1) is 12.6. The van der Waals surface area contributed by atoms with Gasteiger partial charge in [0.15, 0.2) is 6.61 Å². The fourth-order valence-corrected chi connectivity index (χ4v) is 2.70. The molecule has 0 radical (unpaired) electrons. The third-order valence-electron chi connectivity index (χ3n) is 3.80. The molecule has 26 heavy (non-hydrogen) atoms. The molecule has 0 bridgehead atoms. The molecule has 0 unspecified atom stereocenters. The van der Waals surface area contributed by atoms with Crippen LogP contribution in [0.25, 0.3) is 0 Å². The first-order valence-electron chi connectivity index (χ1n) is 8.20. The molecule has 1 aromatic carbocycles. The number of carbonyl (C=O) groups excluding carboxylic acids is 1. The predicted octanol–water partition coefficient (Wildman–Crippen LogP) is 2.14. The Morgan fingerprint density at radius 1 is 1.27 bits per heavy atom. The zero-order valence-electron chi connectivity index (χ0n) is 14.1. The quantitative estimate of drug-likeness (QED) is 0.829. The van der Waals surface area contributed by atoms with Gasteiger partial charge in [0.05, 0.1) is 19.8 Å². The Morgan fingerprint density at radius 3 is 2.81 bits per heavy atom. The van der Waals surface area contributed by atoms with E-state index in [-0.39, 0.29) is 17.8 Å². The van der Waals surface area contributed by atoms with E-state index in [1.807, 2.05) is 0 Å². The van der Waals surface area contributed by atoms with Crippen LogP contribution in [0.1, 0.15) is 5.76 Å². The molecule has 8 heteroatoms. The zero-order valence-corrected chi connectivity index (χ0v) is 14.8. The van der Waals surface area contributed by atoms with Crippen molar-refractivity contribution in [2.75, 3.05) is 38.2 Å². The molecule has 1 aromatic heterocycles. The molecule has 0 saturated carbocycles. The van der Waals surface area contributed by atoms with Crippen LogP contribution in [-0.4, -0.2) is 43.7 Å². The summed E-state index contributed by atoms with van der Waals surface area (Å²) in [5.74, 6) is 0.147. The zero-order chi connectivity index (χ0) is 18.4. The van der Waals surface area contributed by atoms with Crippen LogP contribution in [0.5, 0.6) is 5.75 Å². The van der Waals surface area contributed by atoms with E-state index in [4.69, 9.17) is 25.5 Å². The van der Waals surface area contributed by atoms with Crippen molar-refractivity contribution >= 4 is 23.2 Å². The number of carbonyl (C=O) groups is 1. The van der Waals surface area contributed by atoms with Crippen LogP contribution in [0.3, 0.4) is 0 Å². The number of hydrogen-bond acceptors (Lipinski definition) is 6. The van der Waals surface area contributed by atoms with Crippen molar-refractivity contribution in [2.45, 2.75) is 6.54 Å². The van der Waals surface area contributed by atoms with E-state index < -0.39 is 5.91 Å². The predicted molar refractivity (Wildman–Crippen MR) is 96.7 cm³/mol. The van der Waals surface area contributed by atoms with Gasteiger partial charge in [-0.2, -0.15) is 0 Å². The van der Waals surface area contributed by atoms with Crippen molar-refractivity contribution in [2.24, 2.45) is 0 Å². The van der Waals surface area contributed by atoms with E-state index >= 15 is 0 Å². The van der Waals surface area contributed by atoms with Crippen LogP contribution < -0.4 is 15.5 Å². The van der Waals surface area contributed by atoms with Crippen molar-refractivity contribution in [3.63, 3.8) is 0 Å². The Labute approximate surface area is 155 Å². The lowest BCUT2D eigenvalue weighted by molar-refractivity contribution is -0.118. The number of morpholine rings is 1. The number of nitrogens with zero attached hydrogens (tertiary/aromatic N) is 1. The molecule has 1 aliphatic rings. The Bertz CT molecular complexity index is 817. The van der Waals surface area contributed by atoms with Crippen LogP contribution in [0.2, 0.25) is 5.02 Å². The minimum Gasteiger partial charge on any atom is -0.477 e. The van der Waals surface area contributed by atoms with Gasteiger partial charge < -0.3 is 19.2 Å². The molecule has 2 heterocycles. The largest absolute Gasteiger partial charge is 0.477 e. The van der Waals surface area contributed by atoms with Gasteiger partial charge >= 0.3 is 0 Å². The monoisotopic (exact) mass is 378 g/mol. The molecule has 1 N–H and O–H groups in total. The topological polar surface area (TPSA) is 81.0 Å². The summed E-state index contributed by atoms with van der Waals surface area (Å²) < 4.78 is 16.0. The summed E-state index contributed by atoms with van der Waals surface area (Å²) in [5.41, 5.74) is 0.231. The summed E-state index contributed by atoms with van der Waals surface area (Å²) >= 11 is 5.86. The van der Waals surface area contributed by atoms with Gasteiger partial charge in [0, 0.05) is 29.9 Å². The number of halogens is 1. The minimum absolute atomic E-state index is 0.00280. The highest BCUT2D eigenvalue weighted by Crippen LogP contribution is 2.15. The molecule has 0 atom stereocenters. The Kier molecular flexibility index (Phi) is 6.27. The lowest BCUT2D eigenvalue weighted by atomic mass is 10.3. The van der Waals surface area contributed by atoms with Gasteiger partial charge in [-0.05, 0) is 18.2 Å². The van der Waals surface area contributed by atoms with Gasteiger partial charge in [0.25, 0.3) is 5.91 Å². The van der Waals surface area contributed by atoms with Gasteiger partial charge in [0.1, 0.15) is 12.0 Å². The van der Waals surface area contributed by atoms with Gasteiger partial charge in [-0.3, -0.25) is 14.5 Å². The van der Waals surface area contributed by atoms with Crippen LogP contribution in [0, 0.1) is 0 Å². The van der Waals surface area contributed by atoms with Crippen LogP contribution >= 0.6 is 11.6 Å². The van der Waals surface area contributed by atoms with Gasteiger partial charge in [-0.1, -0.05) is 17.7 Å². The van der Waals surface area contributed by atoms with Crippen LogP contribution in [0.4, 0.5) is 5.69 Å². The summed E-state index contributed by atoms with van der Waals surface area (Å²) in [4.78, 5) is 26.2. The van der Waals surface area contributed by atoms with Crippen molar-refractivity contribution in [3.05, 3.63) is 57.6 Å². The summed E-state index contributed by atoms with van der Waals surface area (Å²) in [6.45, 7) is 3.17. The normalized spacial score (nSPS) is 14.8. The molecule has 1 amide bonds. The second kappa shape index (κ2) is 8.84. The van der Waals surface area contributed by atoms with E-state index in [1.165, 1.54) is 12.3 Å². The van der Waals surface area contributed by atoms with Gasteiger partial charge in [0.2, 0.25) is 11.2 Å². The fraction of sp³-hybridized carbons (Fsp3) is 0.333. The highest BCUT2D eigenvalue weighted by atomic mass is 35.5. The molecule has 1 aliphatic heterocycles. The highest BCUT2D eigenvalue weighted by Gasteiger charge is 2.14. The first-order valence-corrected chi connectivity index (χ1v) is 8.58.